The summed E-state index contributed by atoms with van der Waals surface area (Å²) >= 11 is 6.70. The molecule has 0 fully saturated rings. The van der Waals surface area contributed by atoms with Gasteiger partial charge in [-0.2, -0.15) is 5.26 Å². The van der Waals surface area contributed by atoms with Gasteiger partial charge in [0.05, 0.1) is 10.6 Å². The van der Waals surface area contributed by atoms with E-state index >= 15 is 0 Å². The van der Waals surface area contributed by atoms with E-state index in [1.54, 1.807) is 24.4 Å². The molecule has 11 heteroatoms. The zero-order valence-corrected chi connectivity index (χ0v) is 26.1. The van der Waals surface area contributed by atoms with Crippen molar-refractivity contribution in [1.29, 1.82) is 5.26 Å². The Hall–Kier alpha value is -4.82. The van der Waals surface area contributed by atoms with Crippen molar-refractivity contribution in [3.8, 4) is 29.1 Å². The minimum Gasteiger partial charge on any atom is -0.488 e. The minimum atomic E-state index is -0.964. The number of aliphatic carboxylic acids is 1. The molecule has 3 aromatic carbocycles. The molecule has 0 saturated heterocycles. The Bertz CT molecular complexity index is 1730. The number of para-hydroxylation sites is 2. The van der Waals surface area contributed by atoms with Gasteiger partial charge in [0.15, 0.2) is 17.6 Å². The molecule has 4 aromatic rings. The van der Waals surface area contributed by atoms with Crippen molar-refractivity contribution >= 4 is 17.6 Å². The van der Waals surface area contributed by atoms with Gasteiger partial charge in [0, 0.05) is 36.1 Å². The number of benzene rings is 3. The fraction of sp³-hybridized carbons (Fsp3) is 0.286. The van der Waals surface area contributed by atoms with E-state index in [2.05, 4.69) is 16.4 Å². The van der Waals surface area contributed by atoms with E-state index in [9.17, 15) is 15.2 Å². The van der Waals surface area contributed by atoms with E-state index in [1.165, 1.54) is 6.20 Å². The number of carboxylic acid groups (broad SMARTS) is 1. The van der Waals surface area contributed by atoms with Gasteiger partial charge in [0.25, 0.3) is 0 Å². The predicted molar refractivity (Wildman–Crippen MR) is 172 cm³/mol. The van der Waals surface area contributed by atoms with E-state index in [0.29, 0.717) is 65.0 Å². The first kappa shape index (κ1) is 32.6. The summed E-state index contributed by atoms with van der Waals surface area (Å²) < 4.78 is 24.6. The van der Waals surface area contributed by atoms with Gasteiger partial charge in [0.2, 0.25) is 0 Å². The first-order chi connectivity index (χ1) is 22.4. The van der Waals surface area contributed by atoms with Crippen LogP contribution in [0, 0.1) is 18.3 Å². The molecule has 0 amide bonds. The molecule has 0 aliphatic carbocycles. The first-order valence-corrected chi connectivity index (χ1v) is 15.3. The van der Waals surface area contributed by atoms with Crippen LogP contribution in [-0.2, 0) is 24.6 Å². The summed E-state index contributed by atoms with van der Waals surface area (Å²) in [4.78, 5) is 15.9. The third kappa shape index (κ3) is 8.06. The number of nitrogens with one attached hydrogen (secondary N) is 1. The summed E-state index contributed by atoms with van der Waals surface area (Å²) in [5, 5.41) is 22.3. The molecule has 1 unspecified atom stereocenters. The van der Waals surface area contributed by atoms with E-state index < -0.39 is 12.0 Å². The maximum atomic E-state index is 11.8. The standard InChI is InChI=1S/C35H35ClN4O6/c1-22-25(6-4-7-27(22)34-21-45-30-9-2-3-10-31(30)46-34)20-44-33-14-32(43-19-24-12-23(15-38)16-39-17-24)26(13-28(33)36)18-40-29(35(41)42)8-5-11-37/h2-4,6-7,9-10,12-14,16-17,29,34,40H,5,8,11,18-21,37H2,1H3,(H,41,42)/t29-,34?/m0/s1. The van der Waals surface area contributed by atoms with Gasteiger partial charge in [0.1, 0.15) is 43.4 Å². The highest BCUT2D eigenvalue weighted by Crippen LogP contribution is 2.38. The molecule has 46 heavy (non-hydrogen) atoms. The summed E-state index contributed by atoms with van der Waals surface area (Å²) in [7, 11) is 0. The number of nitriles is 1. The number of pyridine rings is 1. The number of carbonyl (C=O) groups is 1. The van der Waals surface area contributed by atoms with Crippen LogP contribution in [0.5, 0.6) is 23.0 Å². The average Bonchev–Trinajstić information content (AvgIpc) is 3.07. The Morgan fingerprint density at radius 3 is 2.70 bits per heavy atom. The minimum absolute atomic E-state index is 0.125. The molecule has 0 saturated carbocycles. The first-order valence-electron chi connectivity index (χ1n) is 14.9. The lowest BCUT2D eigenvalue weighted by Crippen LogP contribution is -2.36. The molecular weight excluding hydrogens is 608 g/mol. The molecule has 1 aromatic heterocycles. The Balaban J connectivity index is 1.35. The summed E-state index contributed by atoms with van der Waals surface area (Å²) in [6, 6.07) is 20.0. The predicted octanol–water partition coefficient (Wildman–Crippen LogP) is 5.87. The molecular formula is C35H35ClN4O6. The Kier molecular flexibility index (Phi) is 10.9. The van der Waals surface area contributed by atoms with Crippen molar-refractivity contribution in [1.82, 2.24) is 10.3 Å². The van der Waals surface area contributed by atoms with E-state index in [4.69, 9.17) is 36.3 Å². The van der Waals surface area contributed by atoms with E-state index in [-0.39, 0.29) is 25.9 Å². The van der Waals surface area contributed by atoms with Crippen LogP contribution in [0.4, 0.5) is 0 Å². The number of aromatic nitrogens is 1. The number of rotatable bonds is 14. The third-order valence-corrected chi connectivity index (χ3v) is 7.99. The molecule has 10 nitrogen and oxygen atoms in total. The fourth-order valence-electron chi connectivity index (χ4n) is 5.15. The normalized spacial score (nSPS) is 14.3. The van der Waals surface area contributed by atoms with Crippen LogP contribution in [0.15, 0.2) is 73.1 Å². The van der Waals surface area contributed by atoms with Gasteiger partial charge >= 0.3 is 5.97 Å². The van der Waals surface area contributed by atoms with Gasteiger partial charge in [-0.15, -0.1) is 0 Å². The average molecular weight is 643 g/mol. The Morgan fingerprint density at radius 2 is 1.91 bits per heavy atom. The lowest BCUT2D eigenvalue weighted by atomic mass is 9.98. The number of hydrogen-bond acceptors (Lipinski definition) is 9. The fourth-order valence-corrected chi connectivity index (χ4v) is 5.39. The molecule has 0 bridgehead atoms. The van der Waals surface area contributed by atoms with Crippen molar-refractivity contribution < 1.29 is 28.8 Å². The van der Waals surface area contributed by atoms with Crippen LogP contribution in [0.2, 0.25) is 5.02 Å². The molecule has 0 radical (unpaired) electrons. The SMILES string of the molecule is Cc1c(COc2cc(OCc3cncc(C#N)c3)c(CN[C@@H](CCCN)C(=O)O)cc2Cl)cccc1C1COc2ccccc2O1. The Morgan fingerprint density at radius 1 is 1.11 bits per heavy atom. The second kappa shape index (κ2) is 15.5. The lowest BCUT2D eigenvalue weighted by molar-refractivity contribution is -0.139. The lowest BCUT2D eigenvalue weighted by Gasteiger charge is -2.28. The summed E-state index contributed by atoms with van der Waals surface area (Å²) in [5.41, 5.74) is 10.3. The van der Waals surface area contributed by atoms with Gasteiger partial charge in [-0.3, -0.25) is 9.78 Å². The zero-order chi connectivity index (χ0) is 32.5. The van der Waals surface area contributed by atoms with Crippen molar-refractivity contribution in [3.63, 3.8) is 0 Å². The van der Waals surface area contributed by atoms with Crippen LogP contribution < -0.4 is 30.0 Å². The molecule has 2 heterocycles. The number of nitrogens with zero attached hydrogens (tertiary/aromatic N) is 2. The van der Waals surface area contributed by atoms with Crippen LogP contribution >= 0.6 is 11.6 Å². The third-order valence-electron chi connectivity index (χ3n) is 7.69. The van der Waals surface area contributed by atoms with Gasteiger partial charge in [-0.1, -0.05) is 41.9 Å². The van der Waals surface area contributed by atoms with E-state index in [0.717, 1.165) is 22.4 Å². The van der Waals surface area contributed by atoms with Crippen LogP contribution in [0.25, 0.3) is 0 Å². The highest BCUT2D eigenvalue weighted by atomic mass is 35.5. The van der Waals surface area contributed by atoms with Crippen LogP contribution in [0.1, 0.15) is 52.3 Å². The van der Waals surface area contributed by atoms with Crippen molar-refractivity contribution in [3.05, 3.63) is 111 Å². The smallest absolute Gasteiger partial charge is 0.320 e. The number of carboxylic acids is 1. The Labute approximate surface area is 272 Å². The second-order valence-electron chi connectivity index (χ2n) is 10.9. The number of fused-ring (bicyclic) bond motifs is 1. The highest BCUT2D eigenvalue weighted by Gasteiger charge is 2.25. The van der Waals surface area contributed by atoms with Gasteiger partial charge < -0.3 is 35.1 Å². The molecule has 1 aliphatic heterocycles. The molecule has 4 N–H and O–H groups in total. The zero-order valence-electron chi connectivity index (χ0n) is 25.4. The molecule has 5 rings (SSSR count). The topological polar surface area (TPSA) is 149 Å². The van der Waals surface area contributed by atoms with Crippen molar-refractivity contribution in [2.24, 2.45) is 5.73 Å². The largest absolute Gasteiger partial charge is 0.488 e. The number of nitrogens with two attached hydrogens (primary N) is 1. The van der Waals surface area contributed by atoms with Crippen LogP contribution in [0.3, 0.4) is 0 Å². The van der Waals surface area contributed by atoms with Gasteiger partial charge in [-0.05, 0) is 67.3 Å². The second-order valence-corrected chi connectivity index (χ2v) is 11.3. The van der Waals surface area contributed by atoms with Gasteiger partial charge in [-0.25, -0.2) is 0 Å². The summed E-state index contributed by atoms with van der Waals surface area (Å²) in [6.07, 6.45) is 3.78. The quantitative estimate of drug-likeness (QED) is 0.152. The maximum Gasteiger partial charge on any atom is 0.320 e. The maximum absolute atomic E-state index is 11.8. The number of ether oxygens (including phenoxy) is 4. The highest BCUT2D eigenvalue weighted by molar-refractivity contribution is 6.32. The molecule has 0 spiro atoms. The molecule has 1 aliphatic rings. The monoisotopic (exact) mass is 642 g/mol. The summed E-state index contributed by atoms with van der Waals surface area (Å²) in [6.45, 7) is 3.35. The number of halogens is 1. The van der Waals surface area contributed by atoms with Crippen molar-refractivity contribution in [2.45, 2.75) is 51.7 Å². The summed E-state index contributed by atoms with van der Waals surface area (Å²) in [5.74, 6) is 1.32. The number of hydrogen-bond donors (Lipinski definition) is 3. The van der Waals surface area contributed by atoms with Crippen molar-refractivity contribution in [2.75, 3.05) is 13.2 Å². The molecule has 238 valence electrons. The van der Waals surface area contributed by atoms with E-state index in [1.807, 2.05) is 49.4 Å². The van der Waals surface area contributed by atoms with Crippen LogP contribution in [-0.4, -0.2) is 35.3 Å². The molecule has 2 atom stereocenters.